The summed E-state index contributed by atoms with van der Waals surface area (Å²) in [7, 11) is 0. The number of halogens is 1. The van der Waals surface area contributed by atoms with E-state index in [1.807, 2.05) is 6.07 Å². The summed E-state index contributed by atoms with van der Waals surface area (Å²) >= 11 is 7.19. The summed E-state index contributed by atoms with van der Waals surface area (Å²) in [5.74, 6) is 0.144. The van der Waals surface area contributed by atoms with E-state index >= 15 is 0 Å². The number of nitrogens with one attached hydrogen (secondary N) is 1. The average molecular weight is 279 g/mol. The third-order valence-corrected chi connectivity index (χ3v) is 3.39. The highest BCUT2D eigenvalue weighted by Gasteiger charge is 2.06. The molecule has 0 saturated carbocycles. The van der Waals surface area contributed by atoms with Crippen molar-refractivity contribution >= 4 is 29.2 Å². The first kappa shape index (κ1) is 12.5. The van der Waals surface area contributed by atoms with Crippen LogP contribution >= 0.6 is 23.4 Å². The Morgan fingerprint density at radius 3 is 2.83 bits per heavy atom. The number of nitriles is 1. The molecule has 0 unspecified atom stereocenters. The summed E-state index contributed by atoms with van der Waals surface area (Å²) in [5.41, 5.74) is 5.62. The summed E-state index contributed by atoms with van der Waals surface area (Å²) in [6, 6.07) is 8.07. The zero-order valence-electron chi connectivity index (χ0n) is 8.98. The van der Waals surface area contributed by atoms with Crippen molar-refractivity contribution in [2.24, 2.45) is 0 Å². The van der Waals surface area contributed by atoms with Crippen LogP contribution in [-0.2, 0) is 0 Å². The standard InChI is InChI=1S/C11H7ClN4OS/c12-7-3-6(5-13)1-2-8(7)18-11-15-9(14)4-10(17)16-11/h1-4H,(H3,14,15,16,17). The first-order valence-corrected chi connectivity index (χ1v) is 6.02. The van der Waals surface area contributed by atoms with Gasteiger partial charge in [-0.2, -0.15) is 5.26 Å². The van der Waals surface area contributed by atoms with Gasteiger partial charge in [-0.15, -0.1) is 0 Å². The van der Waals surface area contributed by atoms with E-state index in [0.717, 1.165) is 0 Å². The van der Waals surface area contributed by atoms with Crippen molar-refractivity contribution in [1.82, 2.24) is 9.97 Å². The zero-order valence-corrected chi connectivity index (χ0v) is 10.5. The van der Waals surface area contributed by atoms with Gasteiger partial charge in [-0.3, -0.25) is 4.79 Å². The molecule has 3 N–H and O–H groups in total. The monoisotopic (exact) mass is 278 g/mol. The molecule has 0 atom stereocenters. The molecule has 18 heavy (non-hydrogen) atoms. The highest BCUT2D eigenvalue weighted by Crippen LogP contribution is 2.31. The van der Waals surface area contributed by atoms with Gasteiger partial charge in [-0.25, -0.2) is 4.98 Å². The van der Waals surface area contributed by atoms with Gasteiger partial charge in [0.15, 0.2) is 5.16 Å². The van der Waals surface area contributed by atoms with Crippen molar-refractivity contribution in [3.05, 3.63) is 45.2 Å². The van der Waals surface area contributed by atoms with E-state index in [0.29, 0.717) is 20.6 Å². The number of hydrogen-bond acceptors (Lipinski definition) is 5. The molecule has 0 bridgehead atoms. The fraction of sp³-hybridized carbons (Fsp3) is 0. The van der Waals surface area contributed by atoms with Gasteiger partial charge >= 0.3 is 0 Å². The number of H-pyrrole nitrogens is 1. The number of anilines is 1. The SMILES string of the molecule is N#Cc1ccc(Sc2nc(N)cc(=O)[nH]2)c(Cl)c1. The maximum Gasteiger partial charge on any atom is 0.253 e. The molecule has 5 nitrogen and oxygen atoms in total. The van der Waals surface area contributed by atoms with Gasteiger partial charge in [-0.05, 0) is 18.2 Å². The number of nitrogens with zero attached hydrogens (tertiary/aromatic N) is 2. The Morgan fingerprint density at radius 1 is 1.44 bits per heavy atom. The van der Waals surface area contributed by atoms with E-state index in [1.54, 1.807) is 18.2 Å². The Morgan fingerprint density at radius 2 is 2.22 bits per heavy atom. The number of nitrogen functional groups attached to an aromatic ring is 1. The van der Waals surface area contributed by atoms with Gasteiger partial charge in [0.25, 0.3) is 5.56 Å². The van der Waals surface area contributed by atoms with Crippen LogP contribution < -0.4 is 11.3 Å². The molecule has 1 aromatic carbocycles. The van der Waals surface area contributed by atoms with Crippen molar-refractivity contribution in [1.29, 1.82) is 5.26 Å². The largest absolute Gasteiger partial charge is 0.383 e. The number of benzene rings is 1. The van der Waals surface area contributed by atoms with Crippen LogP contribution in [-0.4, -0.2) is 9.97 Å². The molecule has 0 fully saturated rings. The highest BCUT2D eigenvalue weighted by molar-refractivity contribution is 7.99. The number of nitrogens with two attached hydrogens (primary N) is 1. The van der Waals surface area contributed by atoms with Gasteiger partial charge in [0, 0.05) is 11.0 Å². The Kier molecular flexibility index (Phi) is 3.55. The number of aromatic amines is 1. The van der Waals surface area contributed by atoms with Gasteiger partial charge in [-0.1, -0.05) is 23.4 Å². The van der Waals surface area contributed by atoms with E-state index in [2.05, 4.69) is 9.97 Å². The van der Waals surface area contributed by atoms with Crippen LogP contribution in [0.2, 0.25) is 5.02 Å². The molecule has 1 heterocycles. The van der Waals surface area contributed by atoms with Crippen LogP contribution in [0.15, 0.2) is 39.1 Å². The minimum absolute atomic E-state index is 0.144. The lowest BCUT2D eigenvalue weighted by Gasteiger charge is -2.03. The van der Waals surface area contributed by atoms with Gasteiger partial charge in [0.05, 0.1) is 16.7 Å². The molecular weight excluding hydrogens is 272 g/mol. The predicted octanol–water partition coefficient (Wildman–Crippen LogP) is 2.03. The average Bonchev–Trinajstić information content (AvgIpc) is 2.30. The van der Waals surface area contributed by atoms with Gasteiger partial charge < -0.3 is 10.7 Å². The second-order valence-electron chi connectivity index (χ2n) is 3.33. The second kappa shape index (κ2) is 5.12. The van der Waals surface area contributed by atoms with E-state index in [9.17, 15) is 4.79 Å². The molecule has 0 aliphatic heterocycles. The Hall–Kier alpha value is -1.97. The molecule has 2 aromatic rings. The van der Waals surface area contributed by atoms with Crippen molar-refractivity contribution in [2.75, 3.05) is 5.73 Å². The molecule has 0 saturated heterocycles. The minimum Gasteiger partial charge on any atom is -0.383 e. The maximum absolute atomic E-state index is 11.2. The topological polar surface area (TPSA) is 95.6 Å². The fourth-order valence-corrected chi connectivity index (χ4v) is 2.36. The Balaban J connectivity index is 2.34. The first-order valence-electron chi connectivity index (χ1n) is 4.83. The molecular formula is C11H7ClN4OS. The molecule has 0 spiro atoms. The van der Waals surface area contributed by atoms with Gasteiger partial charge in [0.1, 0.15) is 5.82 Å². The van der Waals surface area contributed by atoms with Crippen LogP contribution in [0.4, 0.5) is 5.82 Å². The van der Waals surface area contributed by atoms with Gasteiger partial charge in [0.2, 0.25) is 0 Å². The molecule has 0 aliphatic carbocycles. The molecule has 90 valence electrons. The van der Waals surface area contributed by atoms with Crippen LogP contribution in [0.1, 0.15) is 5.56 Å². The van der Waals surface area contributed by atoms with Crippen molar-refractivity contribution in [3.8, 4) is 6.07 Å². The zero-order chi connectivity index (χ0) is 13.1. The molecule has 0 radical (unpaired) electrons. The smallest absolute Gasteiger partial charge is 0.253 e. The predicted molar refractivity (Wildman–Crippen MR) is 69.6 cm³/mol. The number of aromatic nitrogens is 2. The van der Waals surface area contributed by atoms with Crippen molar-refractivity contribution in [2.45, 2.75) is 10.1 Å². The van der Waals surface area contributed by atoms with Crippen molar-refractivity contribution < 1.29 is 0 Å². The lowest BCUT2D eigenvalue weighted by molar-refractivity contribution is 0.945. The van der Waals surface area contributed by atoms with E-state index in [4.69, 9.17) is 22.6 Å². The Bertz CT molecular complexity index is 692. The summed E-state index contributed by atoms with van der Waals surface area (Å²) < 4.78 is 0. The summed E-state index contributed by atoms with van der Waals surface area (Å²) in [6.45, 7) is 0. The number of rotatable bonds is 2. The normalized spacial score (nSPS) is 10.0. The van der Waals surface area contributed by atoms with Crippen LogP contribution in [0, 0.1) is 11.3 Å². The summed E-state index contributed by atoms with van der Waals surface area (Å²) in [4.78, 5) is 18.4. The lowest BCUT2D eigenvalue weighted by Crippen LogP contribution is -2.09. The molecule has 0 amide bonds. The third kappa shape index (κ3) is 2.83. The summed E-state index contributed by atoms with van der Waals surface area (Å²) in [6.07, 6.45) is 0. The Labute approximate surface area is 112 Å². The summed E-state index contributed by atoms with van der Waals surface area (Å²) in [5, 5.41) is 9.50. The minimum atomic E-state index is -0.324. The quantitative estimate of drug-likeness (QED) is 0.820. The third-order valence-electron chi connectivity index (χ3n) is 2.01. The van der Waals surface area contributed by atoms with Crippen LogP contribution in [0.25, 0.3) is 0 Å². The first-order chi connectivity index (χ1) is 8.58. The van der Waals surface area contributed by atoms with E-state index < -0.39 is 0 Å². The van der Waals surface area contributed by atoms with Crippen molar-refractivity contribution in [3.63, 3.8) is 0 Å². The van der Waals surface area contributed by atoms with E-state index in [1.165, 1.54) is 17.8 Å². The van der Waals surface area contributed by atoms with Crippen LogP contribution in [0.3, 0.4) is 0 Å². The lowest BCUT2D eigenvalue weighted by atomic mass is 10.2. The highest BCUT2D eigenvalue weighted by atomic mass is 35.5. The number of hydrogen-bond donors (Lipinski definition) is 2. The van der Waals surface area contributed by atoms with E-state index in [-0.39, 0.29) is 11.4 Å². The molecule has 7 heteroatoms. The maximum atomic E-state index is 11.2. The molecule has 1 aromatic heterocycles. The molecule has 0 aliphatic rings. The second-order valence-corrected chi connectivity index (χ2v) is 4.77. The molecule has 2 rings (SSSR count). The fourth-order valence-electron chi connectivity index (χ4n) is 1.26. The van der Waals surface area contributed by atoms with Crippen LogP contribution in [0.5, 0.6) is 0 Å².